The predicted molar refractivity (Wildman–Crippen MR) is 105 cm³/mol. The van der Waals surface area contributed by atoms with E-state index in [1.807, 2.05) is 28.8 Å². The van der Waals surface area contributed by atoms with E-state index in [4.69, 9.17) is 16.3 Å². The molecule has 1 saturated heterocycles. The minimum Gasteiger partial charge on any atom is -0.376 e. The third-order valence-electron chi connectivity index (χ3n) is 5.15. The van der Waals surface area contributed by atoms with E-state index in [0.29, 0.717) is 6.54 Å². The Hall–Kier alpha value is -1.30. The number of thioether (sulfide) groups is 1. The van der Waals surface area contributed by atoms with Gasteiger partial charge in [0.2, 0.25) is 0 Å². The summed E-state index contributed by atoms with van der Waals surface area (Å²) in [5, 5.41) is 1.65. The Morgan fingerprint density at radius 2 is 2.00 bits per heavy atom. The lowest BCUT2D eigenvalue weighted by molar-refractivity contribution is 0.0947. The van der Waals surface area contributed by atoms with Crippen LogP contribution in [0.1, 0.15) is 42.5 Å². The Kier molecular flexibility index (Phi) is 5.67. The Labute approximate surface area is 162 Å². The van der Waals surface area contributed by atoms with Crippen LogP contribution >= 0.6 is 23.4 Å². The molecule has 1 aliphatic heterocycles. The van der Waals surface area contributed by atoms with Gasteiger partial charge in [-0.25, -0.2) is 4.79 Å². The van der Waals surface area contributed by atoms with E-state index in [2.05, 4.69) is 4.98 Å². The van der Waals surface area contributed by atoms with Crippen LogP contribution in [0, 0.1) is 0 Å². The van der Waals surface area contributed by atoms with Gasteiger partial charge in [0.05, 0.1) is 12.6 Å². The van der Waals surface area contributed by atoms with E-state index < -0.39 is 0 Å². The molecule has 0 unspecified atom stereocenters. The van der Waals surface area contributed by atoms with Gasteiger partial charge in [-0.15, -0.1) is 11.8 Å². The molecular formula is C20H23ClN2O2S. The Morgan fingerprint density at radius 3 is 2.77 bits per heavy atom. The van der Waals surface area contributed by atoms with Crippen LogP contribution in [0.2, 0.25) is 5.02 Å². The normalized spacial score (nSPS) is 19.5. The van der Waals surface area contributed by atoms with Crippen LogP contribution < -0.4 is 5.69 Å². The zero-order chi connectivity index (χ0) is 17.9. The molecular weight excluding hydrogens is 368 g/mol. The first-order valence-corrected chi connectivity index (χ1v) is 10.7. The number of halogens is 1. The summed E-state index contributed by atoms with van der Waals surface area (Å²) in [6.45, 7) is 1.46. The summed E-state index contributed by atoms with van der Waals surface area (Å²) in [5.41, 5.74) is 3.52. The van der Waals surface area contributed by atoms with E-state index in [1.165, 1.54) is 23.2 Å². The van der Waals surface area contributed by atoms with Crippen molar-refractivity contribution in [3.63, 3.8) is 0 Å². The summed E-state index contributed by atoms with van der Waals surface area (Å²) < 4.78 is 7.63. The average Bonchev–Trinajstić information content (AvgIpc) is 3.17. The lowest BCUT2D eigenvalue weighted by Crippen LogP contribution is -2.33. The van der Waals surface area contributed by atoms with Crippen molar-refractivity contribution in [2.75, 3.05) is 6.61 Å². The number of hydrogen-bond acceptors (Lipinski definition) is 4. The second-order valence-electron chi connectivity index (χ2n) is 6.99. The molecule has 2 heterocycles. The number of hydrogen-bond donors (Lipinski definition) is 0. The summed E-state index contributed by atoms with van der Waals surface area (Å²) >= 11 is 7.62. The molecule has 6 heteroatoms. The molecule has 0 bridgehead atoms. The van der Waals surface area contributed by atoms with Crippen molar-refractivity contribution in [2.45, 2.75) is 62.0 Å². The highest BCUT2D eigenvalue weighted by Crippen LogP contribution is 2.31. The predicted octanol–water partition coefficient (Wildman–Crippen LogP) is 4.25. The van der Waals surface area contributed by atoms with Crippen molar-refractivity contribution < 1.29 is 4.74 Å². The molecule has 26 heavy (non-hydrogen) atoms. The third kappa shape index (κ3) is 4.00. The van der Waals surface area contributed by atoms with Gasteiger partial charge in [-0.2, -0.15) is 4.98 Å². The van der Waals surface area contributed by atoms with Gasteiger partial charge >= 0.3 is 5.69 Å². The quantitative estimate of drug-likeness (QED) is 0.565. The van der Waals surface area contributed by atoms with E-state index in [0.717, 1.165) is 54.5 Å². The SMILES string of the molecule is O=c1nc(SCc2ccc(Cl)cc2)c2c(n1C[C@H]1CCCO1)CCCC2. The van der Waals surface area contributed by atoms with Crippen molar-refractivity contribution in [1.29, 1.82) is 0 Å². The second kappa shape index (κ2) is 8.15. The van der Waals surface area contributed by atoms with E-state index in [9.17, 15) is 4.79 Å². The molecule has 4 nitrogen and oxygen atoms in total. The molecule has 1 atom stereocenters. The molecule has 1 aliphatic carbocycles. The highest BCUT2D eigenvalue weighted by Gasteiger charge is 2.24. The van der Waals surface area contributed by atoms with Gasteiger partial charge in [0.1, 0.15) is 5.03 Å². The minimum atomic E-state index is -0.125. The lowest BCUT2D eigenvalue weighted by Gasteiger charge is -2.24. The number of fused-ring (bicyclic) bond motifs is 1. The number of nitrogens with zero attached hydrogens (tertiary/aromatic N) is 2. The minimum absolute atomic E-state index is 0.125. The van der Waals surface area contributed by atoms with Gasteiger partial charge in [-0.05, 0) is 56.2 Å². The standard InChI is InChI=1S/C20H23ClN2O2S/c21-15-9-7-14(8-10-15)13-26-19-17-5-1-2-6-18(17)23(20(24)22-19)12-16-4-3-11-25-16/h7-10,16H,1-6,11-13H2/t16-/m1/s1. The Morgan fingerprint density at radius 1 is 1.19 bits per heavy atom. The fourth-order valence-electron chi connectivity index (χ4n) is 3.78. The first-order chi connectivity index (χ1) is 12.7. The molecule has 1 fully saturated rings. The summed E-state index contributed by atoms with van der Waals surface area (Å²) in [6.07, 6.45) is 6.57. The van der Waals surface area contributed by atoms with Crippen molar-refractivity contribution in [3.05, 3.63) is 56.6 Å². The first-order valence-electron chi connectivity index (χ1n) is 9.32. The van der Waals surface area contributed by atoms with Gasteiger partial charge in [-0.1, -0.05) is 23.7 Å². The van der Waals surface area contributed by atoms with Gasteiger partial charge in [0, 0.05) is 28.6 Å². The van der Waals surface area contributed by atoms with Crippen LogP contribution in [0.15, 0.2) is 34.1 Å². The highest BCUT2D eigenvalue weighted by molar-refractivity contribution is 7.98. The molecule has 2 aromatic rings. The smallest absolute Gasteiger partial charge is 0.348 e. The van der Waals surface area contributed by atoms with Crippen molar-refractivity contribution >= 4 is 23.4 Å². The molecule has 4 rings (SSSR count). The van der Waals surface area contributed by atoms with Gasteiger partial charge in [-0.3, -0.25) is 4.57 Å². The average molecular weight is 391 g/mol. The van der Waals surface area contributed by atoms with Crippen LogP contribution in [-0.4, -0.2) is 22.3 Å². The lowest BCUT2D eigenvalue weighted by atomic mass is 9.97. The summed E-state index contributed by atoms with van der Waals surface area (Å²) in [5.74, 6) is 0.797. The fourth-order valence-corrected chi connectivity index (χ4v) is 4.94. The van der Waals surface area contributed by atoms with E-state index >= 15 is 0 Å². The van der Waals surface area contributed by atoms with E-state index in [1.54, 1.807) is 11.8 Å². The summed E-state index contributed by atoms with van der Waals surface area (Å²) in [4.78, 5) is 17.2. The van der Waals surface area contributed by atoms with Crippen molar-refractivity contribution in [2.24, 2.45) is 0 Å². The Balaban J connectivity index is 1.59. The largest absolute Gasteiger partial charge is 0.376 e. The Bertz CT molecular complexity index is 829. The molecule has 1 aromatic heterocycles. The fraction of sp³-hybridized carbons (Fsp3) is 0.500. The number of aromatic nitrogens is 2. The van der Waals surface area contributed by atoms with Gasteiger partial charge in [0.15, 0.2) is 0 Å². The van der Waals surface area contributed by atoms with Crippen molar-refractivity contribution in [3.8, 4) is 0 Å². The van der Waals surface area contributed by atoms with Crippen LogP contribution in [0.3, 0.4) is 0 Å². The third-order valence-corrected chi connectivity index (χ3v) is 6.49. The molecule has 0 amide bonds. The van der Waals surface area contributed by atoms with Crippen LogP contribution in [-0.2, 0) is 29.9 Å². The number of rotatable bonds is 5. The molecule has 138 valence electrons. The maximum absolute atomic E-state index is 12.7. The first kappa shape index (κ1) is 18.1. The molecule has 0 radical (unpaired) electrons. The summed E-state index contributed by atoms with van der Waals surface area (Å²) in [6, 6.07) is 7.86. The van der Waals surface area contributed by atoms with Crippen molar-refractivity contribution in [1.82, 2.24) is 9.55 Å². The molecule has 0 N–H and O–H groups in total. The topological polar surface area (TPSA) is 44.1 Å². The zero-order valence-electron chi connectivity index (χ0n) is 14.7. The van der Waals surface area contributed by atoms with Gasteiger partial charge < -0.3 is 4.74 Å². The van der Waals surface area contributed by atoms with Crippen LogP contribution in [0.5, 0.6) is 0 Å². The van der Waals surface area contributed by atoms with Gasteiger partial charge in [0.25, 0.3) is 0 Å². The van der Waals surface area contributed by atoms with E-state index in [-0.39, 0.29) is 11.8 Å². The molecule has 0 spiro atoms. The molecule has 0 saturated carbocycles. The number of ether oxygens (including phenoxy) is 1. The van der Waals surface area contributed by atoms with Crippen LogP contribution in [0.25, 0.3) is 0 Å². The zero-order valence-corrected chi connectivity index (χ0v) is 16.3. The monoisotopic (exact) mass is 390 g/mol. The van der Waals surface area contributed by atoms with Crippen LogP contribution in [0.4, 0.5) is 0 Å². The molecule has 2 aliphatic rings. The second-order valence-corrected chi connectivity index (χ2v) is 8.39. The maximum Gasteiger partial charge on any atom is 0.348 e. The summed E-state index contributed by atoms with van der Waals surface area (Å²) in [7, 11) is 0. The molecule has 1 aromatic carbocycles. The number of benzene rings is 1. The highest BCUT2D eigenvalue weighted by atomic mass is 35.5. The maximum atomic E-state index is 12.7.